The number of aromatic nitrogens is 1. The molecule has 0 fully saturated rings. The molecule has 0 aliphatic carbocycles. The molecule has 180 valence electrons. The van der Waals surface area contributed by atoms with Crippen molar-refractivity contribution in [3.8, 4) is 5.75 Å². The van der Waals surface area contributed by atoms with Gasteiger partial charge in [-0.2, -0.15) is 0 Å². The highest BCUT2D eigenvalue weighted by molar-refractivity contribution is 6.30. The number of halogens is 1. The minimum atomic E-state index is -0.303. The number of nitrogens with zero attached hydrogens (tertiary/aromatic N) is 1. The lowest BCUT2D eigenvalue weighted by atomic mass is 10.1. The first-order valence-electron chi connectivity index (χ1n) is 11.6. The summed E-state index contributed by atoms with van der Waals surface area (Å²) in [5.41, 5.74) is 3.87. The Kier molecular flexibility index (Phi) is 7.73. The predicted octanol–water partition coefficient (Wildman–Crippen LogP) is 6.17. The van der Waals surface area contributed by atoms with E-state index in [1.165, 1.54) is 0 Å². The fourth-order valence-electron chi connectivity index (χ4n) is 3.96. The standard InChI is InChI=1S/C28H28ClN3O3/c1-3-35-25-10-11-26-21(16-25)15-22(27(33)31-26)18-32(13-12-20-7-4-6-19(2)14-20)28(34)30-24-9-5-8-23(29)17-24/h4-11,14-17H,3,12-13,18H2,1-2H3,(H,30,34)(H,31,33). The third-order valence-electron chi connectivity index (χ3n) is 5.68. The first kappa shape index (κ1) is 24.4. The van der Waals surface area contributed by atoms with Crippen LogP contribution in [0, 0.1) is 6.92 Å². The molecule has 0 saturated heterocycles. The van der Waals surface area contributed by atoms with Crippen LogP contribution in [0.15, 0.2) is 77.6 Å². The SMILES string of the molecule is CCOc1ccc2[nH]c(=O)c(CN(CCc3cccc(C)c3)C(=O)Nc3cccc(Cl)c3)cc2c1. The van der Waals surface area contributed by atoms with Crippen LogP contribution in [-0.4, -0.2) is 29.1 Å². The van der Waals surface area contributed by atoms with Gasteiger partial charge in [0, 0.05) is 33.7 Å². The molecule has 0 spiro atoms. The Morgan fingerprint density at radius 1 is 1.06 bits per heavy atom. The maximum Gasteiger partial charge on any atom is 0.322 e. The molecule has 2 N–H and O–H groups in total. The van der Waals surface area contributed by atoms with Gasteiger partial charge in [-0.1, -0.05) is 47.5 Å². The molecule has 2 amide bonds. The lowest BCUT2D eigenvalue weighted by Gasteiger charge is -2.23. The zero-order chi connectivity index (χ0) is 24.8. The van der Waals surface area contributed by atoms with Crippen LogP contribution in [0.5, 0.6) is 5.75 Å². The van der Waals surface area contributed by atoms with E-state index >= 15 is 0 Å². The highest BCUT2D eigenvalue weighted by atomic mass is 35.5. The minimum Gasteiger partial charge on any atom is -0.494 e. The summed E-state index contributed by atoms with van der Waals surface area (Å²) in [7, 11) is 0. The van der Waals surface area contributed by atoms with Crippen molar-refractivity contribution >= 4 is 34.2 Å². The number of H-pyrrole nitrogens is 1. The number of hydrogen-bond acceptors (Lipinski definition) is 3. The van der Waals surface area contributed by atoms with Crippen molar-refractivity contribution in [1.82, 2.24) is 9.88 Å². The number of ether oxygens (including phenoxy) is 1. The van der Waals surface area contributed by atoms with Gasteiger partial charge in [0.1, 0.15) is 5.75 Å². The molecule has 35 heavy (non-hydrogen) atoms. The van der Waals surface area contributed by atoms with Crippen molar-refractivity contribution in [2.75, 3.05) is 18.5 Å². The second-order valence-electron chi connectivity index (χ2n) is 8.41. The Balaban J connectivity index is 1.61. The van der Waals surface area contributed by atoms with Gasteiger partial charge in [0.25, 0.3) is 5.56 Å². The van der Waals surface area contributed by atoms with Gasteiger partial charge in [0.05, 0.1) is 13.2 Å². The topological polar surface area (TPSA) is 74.4 Å². The molecule has 1 heterocycles. The quantitative estimate of drug-likeness (QED) is 0.311. The molecular weight excluding hydrogens is 462 g/mol. The number of amides is 2. The third-order valence-corrected chi connectivity index (χ3v) is 5.92. The zero-order valence-corrected chi connectivity index (χ0v) is 20.6. The van der Waals surface area contributed by atoms with Crippen LogP contribution in [0.4, 0.5) is 10.5 Å². The zero-order valence-electron chi connectivity index (χ0n) is 19.8. The summed E-state index contributed by atoms with van der Waals surface area (Å²) in [6, 6.07) is 22.2. The number of nitrogens with one attached hydrogen (secondary N) is 2. The van der Waals surface area contributed by atoms with Gasteiger partial charge in [-0.3, -0.25) is 4.79 Å². The Morgan fingerprint density at radius 3 is 2.66 bits per heavy atom. The highest BCUT2D eigenvalue weighted by Gasteiger charge is 2.17. The van der Waals surface area contributed by atoms with E-state index in [1.54, 1.807) is 29.2 Å². The van der Waals surface area contributed by atoms with Crippen molar-refractivity contribution in [2.24, 2.45) is 0 Å². The molecule has 0 atom stereocenters. The van der Waals surface area contributed by atoms with Crippen LogP contribution in [0.2, 0.25) is 5.02 Å². The van der Waals surface area contributed by atoms with E-state index < -0.39 is 0 Å². The van der Waals surface area contributed by atoms with Gasteiger partial charge in [-0.15, -0.1) is 0 Å². The van der Waals surface area contributed by atoms with E-state index in [0.717, 1.165) is 27.8 Å². The number of aryl methyl sites for hydroxylation is 1. The predicted molar refractivity (Wildman–Crippen MR) is 142 cm³/mol. The van der Waals surface area contributed by atoms with Gasteiger partial charge in [-0.05, 0) is 68.3 Å². The third kappa shape index (κ3) is 6.43. The Morgan fingerprint density at radius 2 is 1.89 bits per heavy atom. The first-order valence-corrected chi connectivity index (χ1v) is 11.9. The first-order chi connectivity index (χ1) is 16.9. The van der Waals surface area contributed by atoms with Crippen LogP contribution < -0.4 is 15.6 Å². The molecule has 0 aliphatic rings. The lowest BCUT2D eigenvalue weighted by molar-refractivity contribution is 0.209. The number of carbonyl (C=O) groups is 1. The number of hydrogen-bond donors (Lipinski definition) is 2. The molecule has 1 aromatic heterocycles. The Hall–Kier alpha value is -3.77. The number of fused-ring (bicyclic) bond motifs is 1. The van der Waals surface area contributed by atoms with Crippen molar-refractivity contribution in [3.05, 3.63) is 105 Å². The van der Waals surface area contributed by atoms with Gasteiger partial charge in [0.2, 0.25) is 0 Å². The highest BCUT2D eigenvalue weighted by Crippen LogP contribution is 2.20. The molecule has 0 saturated carbocycles. The molecule has 6 nitrogen and oxygen atoms in total. The number of anilines is 1. The molecule has 0 aliphatic heterocycles. The summed E-state index contributed by atoms with van der Waals surface area (Å²) in [5, 5.41) is 4.28. The summed E-state index contributed by atoms with van der Waals surface area (Å²) in [4.78, 5) is 30.7. The van der Waals surface area contributed by atoms with Gasteiger partial charge < -0.3 is 19.9 Å². The number of pyridine rings is 1. The maximum absolute atomic E-state index is 13.3. The molecule has 3 aromatic carbocycles. The average molecular weight is 490 g/mol. The van der Waals surface area contributed by atoms with E-state index in [-0.39, 0.29) is 18.1 Å². The molecule has 4 aromatic rings. The average Bonchev–Trinajstić information content (AvgIpc) is 2.82. The monoisotopic (exact) mass is 489 g/mol. The van der Waals surface area contributed by atoms with Crippen molar-refractivity contribution < 1.29 is 9.53 Å². The summed E-state index contributed by atoms with van der Waals surface area (Å²) in [5.74, 6) is 0.730. The Bertz CT molecular complexity index is 1400. The van der Waals surface area contributed by atoms with Crippen molar-refractivity contribution in [3.63, 3.8) is 0 Å². The van der Waals surface area contributed by atoms with Crippen molar-refractivity contribution in [1.29, 1.82) is 0 Å². The van der Waals surface area contributed by atoms with Crippen LogP contribution in [0.1, 0.15) is 23.6 Å². The second kappa shape index (κ2) is 11.1. The largest absolute Gasteiger partial charge is 0.494 e. The van der Waals surface area contributed by atoms with Crippen LogP contribution in [0.25, 0.3) is 10.9 Å². The number of aromatic amines is 1. The smallest absolute Gasteiger partial charge is 0.322 e. The van der Waals surface area contributed by atoms with Crippen LogP contribution in [-0.2, 0) is 13.0 Å². The van der Waals surface area contributed by atoms with E-state index in [2.05, 4.69) is 16.4 Å². The molecule has 0 radical (unpaired) electrons. The number of benzene rings is 3. The van der Waals surface area contributed by atoms with E-state index in [4.69, 9.17) is 16.3 Å². The van der Waals surface area contributed by atoms with Gasteiger partial charge in [-0.25, -0.2) is 4.79 Å². The fraction of sp³-hybridized carbons (Fsp3) is 0.214. The van der Waals surface area contributed by atoms with Crippen molar-refractivity contribution in [2.45, 2.75) is 26.8 Å². The molecule has 0 bridgehead atoms. The van der Waals surface area contributed by atoms with E-state index in [0.29, 0.717) is 35.8 Å². The summed E-state index contributed by atoms with van der Waals surface area (Å²) >= 11 is 6.08. The van der Waals surface area contributed by atoms with E-state index in [1.807, 2.05) is 56.3 Å². The minimum absolute atomic E-state index is 0.155. The number of urea groups is 1. The number of carbonyl (C=O) groups excluding carboxylic acids is 1. The van der Waals surface area contributed by atoms with Crippen LogP contribution in [0.3, 0.4) is 0 Å². The summed E-state index contributed by atoms with van der Waals surface area (Å²) in [6.45, 7) is 5.11. The second-order valence-corrected chi connectivity index (χ2v) is 8.84. The fourth-order valence-corrected chi connectivity index (χ4v) is 4.15. The normalized spacial score (nSPS) is 10.8. The van der Waals surface area contributed by atoms with Crippen LogP contribution >= 0.6 is 11.6 Å². The van der Waals surface area contributed by atoms with E-state index in [9.17, 15) is 9.59 Å². The number of rotatable bonds is 8. The van der Waals surface area contributed by atoms with Gasteiger partial charge in [0.15, 0.2) is 0 Å². The molecular formula is C28H28ClN3O3. The summed E-state index contributed by atoms with van der Waals surface area (Å²) in [6.07, 6.45) is 0.657. The lowest BCUT2D eigenvalue weighted by Crippen LogP contribution is -2.37. The van der Waals surface area contributed by atoms with Gasteiger partial charge >= 0.3 is 6.03 Å². The Labute approximate surface area is 209 Å². The molecule has 0 unspecified atom stereocenters. The molecule has 4 rings (SSSR count). The summed E-state index contributed by atoms with van der Waals surface area (Å²) < 4.78 is 5.60. The molecule has 7 heteroatoms. The maximum atomic E-state index is 13.3.